The summed E-state index contributed by atoms with van der Waals surface area (Å²) in [4.78, 5) is 0. The van der Waals surface area contributed by atoms with Crippen LogP contribution in [0.25, 0.3) is 0 Å². The van der Waals surface area contributed by atoms with E-state index >= 15 is 0 Å². The maximum atomic E-state index is 5.69. The van der Waals surface area contributed by atoms with Crippen molar-refractivity contribution in [3.05, 3.63) is 0 Å². The predicted molar refractivity (Wildman–Crippen MR) is 84.4 cm³/mol. The largest absolute Gasteiger partial charge is 1.00 e. The molecule has 19 heavy (non-hydrogen) atoms. The van der Waals surface area contributed by atoms with Gasteiger partial charge in [-0.2, -0.15) is 0 Å². The molecule has 0 bridgehead atoms. The topological polar surface area (TPSA) is 0 Å². The molecule has 0 aliphatic carbocycles. The van der Waals surface area contributed by atoms with Crippen molar-refractivity contribution < 1.29 is 21.5 Å². The molecule has 0 aromatic heterocycles. The summed E-state index contributed by atoms with van der Waals surface area (Å²) in [5.41, 5.74) is 0. The zero-order chi connectivity index (χ0) is 13.7. The average Bonchev–Trinajstić information content (AvgIpc) is 2.33. The minimum absolute atomic E-state index is 0. The number of quaternary nitrogens is 1. The summed E-state index contributed by atoms with van der Waals surface area (Å²) < 4.78 is 1.20. The lowest BCUT2D eigenvalue weighted by molar-refractivity contribution is -0.890. The van der Waals surface area contributed by atoms with Gasteiger partial charge >= 0.3 is 0 Å². The molecule has 0 aromatic rings. The van der Waals surface area contributed by atoms with Crippen molar-refractivity contribution >= 4 is 11.6 Å². The quantitative estimate of drug-likeness (QED) is 0.270. The molecule has 0 rings (SSSR count). The first-order chi connectivity index (χ1) is 8.62. The Morgan fingerprint density at radius 3 is 1.58 bits per heavy atom. The summed E-state index contributed by atoms with van der Waals surface area (Å²) >= 11 is 5.69. The Hall–Kier alpha value is 0.730. The molecule has 0 heterocycles. The summed E-state index contributed by atoms with van der Waals surface area (Å²) in [6.07, 6.45) is 13.7. The highest BCUT2D eigenvalue weighted by Gasteiger charge is 2.13. The summed E-state index contributed by atoms with van der Waals surface area (Å²) in [6.45, 7) is 4.96. The van der Waals surface area contributed by atoms with E-state index in [9.17, 15) is 0 Å². The van der Waals surface area contributed by atoms with E-state index in [1.165, 1.54) is 81.8 Å². The van der Waals surface area contributed by atoms with E-state index in [1.54, 1.807) is 0 Å². The van der Waals surface area contributed by atoms with Gasteiger partial charge in [-0.3, -0.25) is 0 Å². The fraction of sp³-hybridized carbons (Fsp3) is 1.00. The first kappa shape index (κ1) is 22.0. The van der Waals surface area contributed by atoms with Gasteiger partial charge < -0.3 is 21.5 Å². The minimum atomic E-state index is 0. The second-order valence-corrected chi connectivity index (χ2v) is 6.63. The van der Waals surface area contributed by atoms with Crippen molar-refractivity contribution in [3.8, 4) is 0 Å². The lowest BCUT2D eigenvalue weighted by Crippen LogP contribution is -3.00. The third-order valence-corrected chi connectivity index (χ3v) is 4.03. The van der Waals surface area contributed by atoms with Crippen LogP contribution in [0, 0.1) is 0 Å². The Bertz CT molecular complexity index is 174. The second-order valence-electron chi connectivity index (χ2n) is 6.25. The lowest BCUT2D eigenvalue weighted by atomic mass is 10.1. The Labute approximate surface area is 137 Å². The number of nitrogens with zero attached hydrogens (tertiary/aromatic N) is 1. The summed E-state index contributed by atoms with van der Waals surface area (Å²) in [5.74, 6) is 0.829. The first-order valence-electron chi connectivity index (χ1n) is 8.00. The Kier molecular flexibility index (Phi) is 17.5. The van der Waals surface area contributed by atoms with Crippen LogP contribution in [0.5, 0.6) is 0 Å². The van der Waals surface area contributed by atoms with Gasteiger partial charge in [-0.25, -0.2) is 0 Å². The SMILES string of the molecule is CCCCCCCC[N+](C)(C)CCCCCCCl.[Br-]. The van der Waals surface area contributed by atoms with Gasteiger partial charge in [0.15, 0.2) is 0 Å². The monoisotopic (exact) mass is 355 g/mol. The Morgan fingerprint density at radius 2 is 1.11 bits per heavy atom. The highest BCUT2D eigenvalue weighted by molar-refractivity contribution is 6.17. The molecule has 0 N–H and O–H groups in total. The van der Waals surface area contributed by atoms with Gasteiger partial charge in [-0.1, -0.05) is 39.0 Å². The van der Waals surface area contributed by atoms with E-state index in [0.717, 1.165) is 5.88 Å². The van der Waals surface area contributed by atoms with Crippen LogP contribution < -0.4 is 17.0 Å². The summed E-state index contributed by atoms with van der Waals surface area (Å²) in [5, 5.41) is 0. The summed E-state index contributed by atoms with van der Waals surface area (Å²) in [6, 6.07) is 0. The molecule has 0 fully saturated rings. The summed E-state index contributed by atoms with van der Waals surface area (Å²) in [7, 11) is 4.77. The molecule has 0 saturated heterocycles. The van der Waals surface area contributed by atoms with Gasteiger partial charge in [-0.15, -0.1) is 11.6 Å². The molecule has 0 radical (unpaired) electrons. The van der Waals surface area contributed by atoms with Gasteiger partial charge in [-0.05, 0) is 32.1 Å². The normalized spacial score (nSPS) is 11.4. The van der Waals surface area contributed by atoms with E-state index in [2.05, 4.69) is 21.0 Å². The number of hydrogen-bond donors (Lipinski definition) is 0. The van der Waals surface area contributed by atoms with Gasteiger partial charge in [0.05, 0.1) is 27.2 Å². The zero-order valence-corrected chi connectivity index (χ0v) is 15.7. The van der Waals surface area contributed by atoms with Gasteiger partial charge in [0, 0.05) is 5.88 Å². The third kappa shape index (κ3) is 16.7. The van der Waals surface area contributed by atoms with Gasteiger partial charge in [0.25, 0.3) is 0 Å². The average molecular weight is 357 g/mol. The third-order valence-electron chi connectivity index (χ3n) is 3.76. The molecule has 0 saturated carbocycles. The number of halogens is 2. The highest BCUT2D eigenvalue weighted by Crippen LogP contribution is 2.10. The molecule has 0 aliphatic heterocycles. The van der Waals surface area contributed by atoms with Crippen LogP contribution in [0.4, 0.5) is 0 Å². The van der Waals surface area contributed by atoms with Crippen LogP contribution in [0.15, 0.2) is 0 Å². The van der Waals surface area contributed by atoms with Gasteiger partial charge in [0.1, 0.15) is 0 Å². The number of unbranched alkanes of at least 4 members (excludes halogenated alkanes) is 8. The molecule has 0 aromatic carbocycles. The van der Waals surface area contributed by atoms with Crippen molar-refractivity contribution in [2.45, 2.75) is 71.1 Å². The van der Waals surface area contributed by atoms with Crippen LogP contribution in [0.1, 0.15) is 71.1 Å². The number of alkyl halides is 1. The maximum absolute atomic E-state index is 5.69. The first-order valence-corrected chi connectivity index (χ1v) is 8.54. The van der Waals surface area contributed by atoms with E-state index in [-0.39, 0.29) is 17.0 Å². The molecule has 0 amide bonds. The predicted octanol–water partition coefficient (Wildman–Crippen LogP) is 2.23. The van der Waals surface area contributed by atoms with E-state index in [0.29, 0.717) is 0 Å². The molecule has 3 heteroatoms. The van der Waals surface area contributed by atoms with Crippen LogP contribution in [-0.4, -0.2) is 37.5 Å². The second kappa shape index (κ2) is 15.1. The molecular formula is C16H35BrClN. The highest BCUT2D eigenvalue weighted by atomic mass is 79.9. The molecule has 0 atom stereocenters. The minimum Gasteiger partial charge on any atom is -1.00 e. The Morgan fingerprint density at radius 1 is 0.684 bits per heavy atom. The van der Waals surface area contributed by atoms with E-state index in [1.807, 2.05) is 0 Å². The van der Waals surface area contributed by atoms with Crippen LogP contribution >= 0.6 is 11.6 Å². The van der Waals surface area contributed by atoms with Crippen molar-refractivity contribution in [1.29, 1.82) is 0 Å². The molecular weight excluding hydrogens is 322 g/mol. The standard InChI is InChI=1S/C16H35ClN.BrH/c1-4-5-6-7-9-12-15-18(2,3)16-13-10-8-11-14-17;/h4-16H2,1-3H3;1H/q+1;/p-1. The molecule has 0 aliphatic rings. The van der Waals surface area contributed by atoms with E-state index in [4.69, 9.17) is 11.6 Å². The number of hydrogen-bond acceptors (Lipinski definition) is 0. The smallest absolute Gasteiger partial charge is 0.0782 e. The zero-order valence-electron chi connectivity index (χ0n) is 13.4. The maximum Gasteiger partial charge on any atom is 0.0782 e. The van der Waals surface area contributed by atoms with Crippen molar-refractivity contribution in [3.63, 3.8) is 0 Å². The molecule has 0 unspecified atom stereocenters. The van der Waals surface area contributed by atoms with E-state index < -0.39 is 0 Å². The van der Waals surface area contributed by atoms with Crippen LogP contribution in [0.3, 0.4) is 0 Å². The fourth-order valence-corrected chi connectivity index (χ4v) is 2.61. The lowest BCUT2D eigenvalue weighted by Gasteiger charge is -2.30. The van der Waals surface area contributed by atoms with Crippen molar-refractivity contribution in [1.82, 2.24) is 0 Å². The van der Waals surface area contributed by atoms with Crippen LogP contribution in [0.2, 0.25) is 0 Å². The van der Waals surface area contributed by atoms with Crippen molar-refractivity contribution in [2.75, 3.05) is 33.1 Å². The molecule has 1 nitrogen and oxygen atoms in total. The number of rotatable bonds is 13. The molecule has 0 spiro atoms. The van der Waals surface area contributed by atoms with Gasteiger partial charge in [0.2, 0.25) is 0 Å². The Balaban J connectivity index is 0. The van der Waals surface area contributed by atoms with Crippen LogP contribution in [-0.2, 0) is 0 Å². The van der Waals surface area contributed by atoms with Crippen molar-refractivity contribution in [2.24, 2.45) is 0 Å². The molecule has 118 valence electrons. The fourth-order valence-electron chi connectivity index (χ4n) is 2.42.